The van der Waals surface area contributed by atoms with Gasteiger partial charge in [0.25, 0.3) is 0 Å². The van der Waals surface area contributed by atoms with Crippen LogP contribution in [0, 0.1) is 5.92 Å². The van der Waals surface area contributed by atoms with Crippen molar-refractivity contribution in [2.45, 2.75) is 52.6 Å². The lowest BCUT2D eigenvalue weighted by Gasteiger charge is -2.20. The molecule has 2 aromatic heterocycles. The lowest BCUT2D eigenvalue weighted by Crippen LogP contribution is -2.28. The summed E-state index contributed by atoms with van der Waals surface area (Å²) in [5.41, 5.74) is 3.49. The molecule has 23 heavy (non-hydrogen) atoms. The number of pyridine rings is 1. The van der Waals surface area contributed by atoms with Gasteiger partial charge < -0.3 is 4.90 Å². The van der Waals surface area contributed by atoms with Gasteiger partial charge in [-0.15, -0.1) is 0 Å². The van der Waals surface area contributed by atoms with Gasteiger partial charge in [-0.2, -0.15) is 5.10 Å². The predicted octanol–water partition coefficient (Wildman–Crippen LogP) is 3.63. The Morgan fingerprint density at radius 1 is 1.26 bits per heavy atom. The Morgan fingerprint density at radius 2 is 2.13 bits per heavy atom. The molecule has 0 spiro atoms. The van der Waals surface area contributed by atoms with Crippen LogP contribution in [0.1, 0.15) is 39.2 Å². The Labute approximate surface area is 139 Å². The predicted molar refractivity (Wildman–Crippen MR) is 94.3 cm³/mol. The first-order chi connectivity index (χ1) is 11.2. The second kappa shape index (κ2) is 7.26. The molecule has 0 unspecified atom stereocenters. The van der Waals surface area contributed by atoms with E-state index in [1.807, 2.05) is 10.9 Å². The second-order valence-corrected chi connectivity index (χ2v) is 6.94. The number of hydrogen-bond donors (Lipinski definition) is 0. The molecule has 0 aromatic carbocycles. The maximum atomic E-state index is 4.69. The van der Waals surface area contributed by atoms with Crippen molar-refractivity contribution in [3.8, 4) is 11.4 Å². The van der Waals surface area contributed by atoms with Crippen molar-refractivity contribution in [3.63, 3.8) is 0 Å². The van der Waals surface area contributed by atoms with Crippen LogP contribution in [0.3, 0.4) is 0 Å². The molecule has 1 aliphatic rings. The van der Waals surface area contributed by atoms with Crippen LogP contribution in [0.5, 0.6) is 0 Å². The van der Waals surface area contributed by atoms with Crippen LogP contribution in [0.15, 0.2) is 30.6 Å². The van der Waals surface area contributed by atoms with Crippen molar-refractivity contribution >= 4 is 0 Å². The summed E-state index contributed by atoms with van der Waals surface area (Å²) in [6.45, 7) is 10.2. The van der Waals surface area contributed by atoms with E-state index in [4.69, 9.17) is 0 Å². The monoisotopic (exact) mass is 312 g/mol. The number of aromatic nitrogens is 3. The van der Waals surface area contributed by atoms with Gasteiger partial charge in [-0.25, -0.2) is 0 Å². The Morgan fingerprint density at radius 3 is 2.78 bits per heavy atom. The summed E-state index contributed by atoms with van der Waals surface area (Å²) in [6, 6.07) is 7.10. The second-order valence-electron chi connectivity index (χ2n) is 6.94. The Kier molecular flexibility index (Phi) is 5.11. The van der Waals surface area contributed by atoms with E-state index in [0.29, 0.717) is 6.04 Å². The zero-order chi connectivity index (χ0) is 16.2. The summed E-state index contributed by atoms with van der Waals surface area (Å²) >= 11 is 0. The van der Waals surface area contributed by atoms with Gasteiger partial charge in [0.15, 0.2) is 0 Å². The average molecular weight is 312 g/mol. The normalized spacial score (nSPS) is 18.9. The minimum atomic E-state index is 0.666. The lowest BCUT2D eigenvalue weighted by molar-refractivity contribution is 0.265. The van der Waals surface area contributed by atoms with Gasteiger partial charge in [-0.3, -0.25) is 9.67 Å². The maximum absolute atomic E-state index is 4.69. The van der Waals surface area contributed by atoms with Crippen molar-refractivity contribution < 1.29 is 0 Å². The Bertz CT molecular complexity index is 615. The van der Waals surface area contributed by atoms with Crippen molar-refractivity contribution in [2.75, 3.05) is 13.1 Å². The van der Waals surface area contributed by atoms with Gasteiger partial charge in [0, 0.05) is 31.5 Å². The third-order valence-electron chi connectivity index (χ3n) is 4.81. The summed E-state index contributed by atoms with van der Waals surface area (Å²) in [5, 5.41) is 4.38. The molecule has 1 aliphatic heterocycles. The number of likely N-dealkylation sites (tertiary alicyclic amines) is 1. The van der Waals surface area contributed by atoms with Crippen molar-refractivity contribution in [1.29, 1.82) is 0 Å². The molecule has 0 radical (unpaired) electrons. The summed E-state index contributed by atoms with van der Waals surface area (Å²) in [4.78, 5) is 7.26. The van der Waals surface area contributed by atoms with E-state index in [0.717, 1.165) is 36.7 Å². The van der Waals surface area contributed by atoms with E-state index in [1.165, 1.54) is 25.1 Å². The first-order valence-electron chi connectivity index (χ1n) is 8.88. The van der Waals surface area contributed by atoms with Crippen LogP contribution in [0.25, 0.3) is 11.4 Å². The number of rotatable bonds is 6. The quantitative estimate of drug-likeness (QED) is 0.817. The molecular formula is C19H28N4. The molecule has 0 N–H and O–H groups in total. The molecule has 1 atom stereocenters. The summed E-state index contributed by atoms with van der Waals surface area (Å²) in [7, 11) is 0. The molecule has 4 heteroatoms. The highest BCUT2D eigenvalue weighted by molar-refractivity contribution is 5.54. The highest BCUT2D eigenvalue weighted by Gasteiger charge is 2.24. The standard InChI is InChI=1S/C19H28N4/c1-4-10-23-19(7-9-21-23)18-6-5-16(13-20-18)12-17-8-11-22(14-17)15(2)3/h5-7,9,13,15,17H,4,8,10-12,14H2,1-3H3/t17-/m1/s1. The van der Waals surface area contributed by atoms with Crippen molar-refractivity contribution in [1.82, 2.24) is 19.7 Å². The fraction of sp³-hybridized carbons (Fsp3) is 0.579. The third-order valence-corrected chi connectivity index (χ3v) is 4.81. The maximum Gasteiger partial charge on any atom is 0.0883 e. The first kappa shape index (κ1) is 16.2. The summed E-state index contributed by atoms with van der Waals surface area (Å²) in [5.74, 6) is 0.774. The molecule has 4 nitrogen and oxygen atoms in total. The minimum absolute atomic E-state index is 0.666. The van der Waals surface area contributed by atoms with E-state index in [2.05, 4.69) is 60.1 Å². The van der Waals surface area contributed by atoms with Crippen LogP contribution < -0.4 is 0 Å². The number of hydrogen-bond acceptors (Lipinski definition) is 3. The minimum Gasteiger partial charge on any atom is -0.301 e. The zero-order valence-corrected chi connectivity index (χ0v) is 14.6. The fourth-order valence-corrected chi connectivity index (χ4v) is 3.47. The van der Waals surface area contributed by atoms with Crippen LogP contribution in [-0.4, -0.2) is 38.8 Å². The Balaban J connectivity index is 1.65. The molecule has 0 saturated carbocycles. The smallest absolute Gasteiger partial charge is 0.0883 e. The van der Waals surface area contributed by atoms with Crippen LogP contribution in [0.4, 0.5) is 0 Å². The highest BCUT2D eigenvalue weighted by Crippen LogP contribution is 2.23. The summed E-state index contributed by atoms with van der Waals surface area (Å²) in [6.07, 6.45) is 7.45. The van der Waals surface area contributed by atoms with Crippen LogP contribution in [-0.2, 0) is 13.0 Å². The molecule has 124 valence electrons. The van der Waals surface area contributed by atoms with E-state index in [-0.39, 0.29) is 0 Å². The number of aryl methyl sites for hydroxylation is 1. The zero-order valence-electron chi connectivity index (χ0n) is 14.6. The van der Waals surface area contributed by atoms with E-state index in [9.17, 15) is 0 Å². The Hall–Kier alpha value is -1.68. The molecule has 2 aromatic rings. The molecule has 3 rings (SSSR count). The van der Waals surface area contributed by atoms with Crippen LogP contribution >= 0.6 is 0 Å². The van der Waals surface area contributed by atoms with Crippen molar-refractivity contribution in [2.24, 2.45) is 5.92 Å². The van der Waals surface area contributed by atoms with E-state index >= 15 is 0 Å². The molecule has 3 heterocycles. The highest BCUT2D eigenvalue weighted by atomic mass is 15.3. The topological polar surface area (TPSA) is 34.0 Å². The summed E-state index contributed by atoms with van der Waals surface area (Å²) < 4.78 is 2.04. The SMILES string of the molecule is CCCn1nccc1-c1ccc(C[C@H]2CCN(C(C)C)C2)cn1. The largest absolute Gasteiger partial charge is 0.301 e. The average Bonchev–Trinajstić information content (AvgIpc) is 3.18. The molecule has 1 fully saturated rings. The van der Waals surface area contributed by atoms with Gasteiger partial charge in [0.05, 0.1) is 11.4 Å². The molecule has 0 aliphatic carbocycles. The van der Waals surface area contributed by atoms with Crippen LogP contribution in [0.2, 0.25) is 0 Å². The van der Waals surface area contributed by atoms with Gasteiger partial charge in [-0.1, -0.05) is 13.0 Å². The van der Waals surface area contributed by atoms with Crippen molar-refractivity contribution in [3.05, 3.63) is 36.2 Å². The van der Waals surface area contributed by atoms with Gasteiger partial charge in [0.1, 0.15) is 0 Å². The van der Waals surface area contributed by atoms with E-state index < -0.39 is 0 Å². The molecule has 0 bridgehead atoms. The fourth-order valence-electron chi connectivity index (χ4n) is 3.47. The van der Waals surface area contributed by atoms with Gasteiger partial charge >= 0.3 is 0 Å². The third kappa shape index (κ3) is 3.81. The first-order valence-corrected chi connectivity index (χ1v) is 8.88. The molecule has 1 saturated heterocycles. The molecular weight excluding hydrogens is 284 g/mol. The lowest BCUT2D eigenvalue weighted by atomic mass is 9.99. The van der Waals surface area contributed by atoms with E-state index in [1.54, 1.807) is 0 Å². The number of nitrogens with zero attached hydrogens (tertiary/aromatic N) is 4. The molecule has 0 amide bonds. The van der Waals surface area contributed by atoms with Gasteiger partial charge in [0.2, 0.25) is 0 Å². The van der Waals surface area contributed by atoms with Gasteiger partial charge in [-0.05, 0) is 63.3 Å².